The molecule has 1 unspecified atom stereocenters. The van der Waals surface area contributed by atoms with Gasteiger partial charge in [0, 0.05) is 45.2 Å². The highest BCUT2D eigenvalue weighted by atomic mass is 127. The number of hydrogen-bond donors (Lipinski definition) is 3. The van der Waals surface area contributed by atoms with E-state index in [1.54, 1.807) is 7.05 Å². The van der Waals surface area contributed by atoms with E-state index in [1.165, 1.54) is 45.1 Å². The Kier molecular flexibility index (Phi) is 13.1. The average molecular weight is 493 g/mol. The van der Waals surface area contributed by atoms with Crippen molar-refractivity contribution in [1.82, 2.24) is 20.9 Å². The molecule has 1 aliphatic heterocycles. The lowest BCUT2D eigenvalue weighted by molar-refractivity contribution is -0.125. The summed E-state index contributed by atoms with van der Waals surface area (Å²) in [6.07, 6.45) is 11.0. The molecule has 1 atom stereocenters. The first-order valence-corrected chi connectivity index (χ1v) is 10.7. The second kappa shape index (κ2) is 14.4. The first kappa shape index (κ1) is 24.5. The fraction of sp³-hybridized carbons (Fsp3) is 0.900. The van der Waals surface area contributed by atoms with Crippen LogP contribution in [0.5, 0.6) is 0 Å². The maximum Gasteiger partial charge on any atom is 0.223 e. The third-order valence-corrected chi connectivity index (χ3v) is 5.77. The van der Waals surface area contributed by atoms with Crippen LogP contribution >= 0.6 is 24.0 Å². The monoisotopic (exact) mass is 493 g/mol. The van der Waals surface area contributed by atoms with Crippen LogP contribution in [0.4, 0.5) is 0 Å². The number of aliphatic imine (C=N–C) groups is 1. The van der Waals surface area contributed by atoms with Gasteiger partial charge in [-0.15, -0.1) is 24.0 Å². The zero-order valence-electron chi connectivity index (χ0n) is 17.3. The van der Waals surface area contributed by atoms with E-state index in [0.717, 1.165) is 44.4 Å². The van der Waals surface area contributed by atoms with Gasteiger partial charge in [0.05, 0.1) is 0 Å². The molecule has 1 amide bonds. The number of halogens is 1. The van der Waals surface area contributed by atoms with E-state index in [0.29, 0.717) is 13.1 Å². The molecule has 0 aromatic heterocycles. The summed E-state index contributed by atoms with van der Waals surface area (Å²) in [6, 6.07) is 0.731. The molecule has 6 nitrogen and oxygen atoms in total. The van der Waals surface area contributed by atoms with Gasteiger partial charge in [0.25, 0.3) is 0 Å². The quantitative estimate of drug-likeness (QED) is 0.211. The van der Waals surface area contributed by atoms with E-state index in [4.69, 9.17) is 0 Å². The Morgan fingerprint density at radius 1 is 0.963 bits per heavy atom. The summed E-state index contributed by atoms with van der Waals surface area (Å²) in [7, 11) is 1.79. The molecule has 3 N–H and O–H groups in total. The molecule has 1 saturated carbocycles. The van der Waals surface area contributed by atoms with Gasteiger partial charge in [-0.1, -0.05) is 25.7 Å². The van der Waals surface area contributed by atoms with Crippen LogP contribution in [0.3, 0.4) is 0 Å². The Bertz CT molecular complexity index is 440. The minimum atomic E-state index is 0. The molecule has 0 aromatic rings. The predicted octanol–water partition coefficient (Wildman–Crippen LogP) is 2.73. The number of nitrogens with zero attached hydrogens (tertiary/aromatic N) is 2. The highest BCUT2D eigenvalue weighted by Gasteiger charge is 2.20. The van der Waals surface area contributed by atoms with Gasteiger partial charge in [-0.05, 0) is 45.6 Å². The molecule has 2 rings (SSSR count). The van der Waals surface area contributed by atoms with E-state index in [1.807, 2.05) is 0 Å². The molecule has 27 heavy (non-hydrogen) atoms. The number of nitrogens with one attached hydrogen (secondary N) is 3. The van der Waals surface area contributed by atoms with Gasteiger partial charge >= 0.3 is 0 Å². The maximum atomic E-state index is 12.1. The molecule has 7 heteroatoms. The van der Waals surface area contributed by atoms with E-state index >= 15 is 0 Å². The van der Waals surface area contributed by atoms with Crippen LogP contribution in [-0.4, -0.2) is 62.6 Å². The van der Waals surface area contributed by atoms with Crippen LogP contribution in [-0.2, 0) is 4.79 Å². The SMILES string of the molecule is CN=C(NCCCN1CCCCC1C)NCCNC(=O)C1CCCCC1.I. The number of piperidine rings is 1. The first-order chi connectivity index (χ1) is 12.7. The standard InChI is InChI=1S/C20H39N5O.HI/c1-17-9-6-7-15-25(17)16-8-12-23-20(21-2)24-14-13-22-19(26)18-10-4-3-5-11-18;/h17-18H,3-16H2,1-2H3,(H,22,26)(H2,21,23,24);1H. The average Bonchev–Trinajstić information content (AvgIpc) is 2.68. The number of rotatable bonds is 8. The summed E-state index contributed by atoms with van der Waals surface area (Å²) in [4.78, 5) is 19.0. The normalized spacial score (nSPS) is 22.0. The Balaban J connectivity index is 0.00000364. The van der Waals surface area contributed by atoms with Crippen molar-refractivity contribution >= 4 is 35.8 Å². The van der Waals surface area contributed by atoms with Crippen LogP contribution in [0, 0.1) is 5.92 Å². The molecule has 1 saturated heterocycles. The van der Waals surface area contributed by atoms with E-state index in [2.05, 4.69) is 32.8 Å². The summed E-state index contributed by atoms with van der Waals surface area (Å²) in [5, 5.41) is 9.72. The van der Waals surface area contributed by atoms with Crippen molar-refractivity contribution < 1.29 is 4.79 Å². The van der Waals surface area contributed by atoms with Crippen molar-refractivity contribution in [1.29, 1.82) is 0 Å². The van der Waals surface area contributed by atoms with Crippen LogP contribution in [0.1, 0.15) is 64.7 Å². The van der Waals surface area contributed by atoms with Crippen molar-refractivity contribution in [3.8, 4) is 0 Å². The second-order valence-corrected chi connectivity index (χ2v) is 7.79. The van der Waals surface area contributed by atoms with Gasteiger partial charge in [0.2, 0.25) is 5.91 Å². The molecule has 0 spiro atoms. The van der Waals surface area contributed by atoms with Gasteiger partial charge in [-0.3, -0.25) is 9.79 Å². The molecule has 2 fully saturated rings. The Hall–Kier alpha value is -0.570. The highest BCUT2D eigenvalue weighted by Crippen LogP contribution is 2.23. The number of amides is 1. The first-order valence-electron chi connectivity index (χ1n) is 10.7. The molecule has 0 aromatic carbocycles. The second-order valence-electron chi connectivity index (χ2n) is 7.79. The number of hydrogen-bond acceptors (Lipinski definition) is 3. The smallest absolute Gasteiger partial charge is 0.223 e. The van der Waals surface area contributed by atoms with E-state index in [9.17, 15) is 4.79 Å². The largest absolute Gasteiger partial charge is 0.356 e. The zero-order chi connectivity index (χ0) is 18.6. The molecular formula is C20H40IN5O. The third kappa shape index (κ3) is 9.45. The summed E-state index contributed by atoms with van der Waals surface area (Å²) >= 11 is 0. The van der Waals surface area contributed by atoms with Crippen molar-refractivity contribution in [3.63, 3.8) is 0 Å². The summed E-state index contributed by atoms with van der Waals surface area (Å²) in [5.41, 5.74) is 0. The fourth-order valence-corrected chi connectivity index (χ4v) is 4.08. The zero-order valence-corrected chi connectivity index (χ0v) is 19.6. The highest BCUT2D eigenvalue weighted by molar-refractivity contribution is 14.0. The summed E-state index contributed by atoms with van der Waals surface area (Å²) < 4.78 is 0. The van der Waals surface area contributed by atoms with Gasteiger partial charge in [0.15, 0.2) is 5.96 Å². The van der Waals surface area contributed by atoms with Crippen LogP contribution < -0.4 is 16.0 Å². The lowest BCUT2D eigenvalue weighted by Crippen LogP contribution is -2.44. The lowest BCUT2D eigenvalue weighted by atomic mass is 9.89. The van der Waals surface area contributed by atoms with Crippen molar-refractivity contribution in [2.24, 2.45) is 10.9 Å². The number of carbonyl (C=O) groups excluding carboxylic acids is 1. The molecule has 1 heterocycles. The van der Waals surface area contributed by atoms with Gasteiger partial charge in [-0.25, -0.2) is 0 Å². The van der Waals surface area contributed by atoms with E-state index in [-0.39, 0.29) is 35.8 Å². The van der Waals surface area contributed by atoms with E-state index < -0.39 is 0 Å². The molecule has 158 valence electrons. The van der Waals surface area contributed by atoms with Gasteiger partial charge in [-0.2, -0.15) is 0 Å². The Labute approximate surface area is 182 Å². The third-order valence-electron chi connectivity index (χ3n) is 5.77. The van der Waals surface area contributed by atoms with Crippen LogP contribution in [0.15, 0.2) is 4.99 Å². The molecule has 0 bridgehead atoms. The van der Waals surface area contributed by atoms with Gasteiger partial charge in [0.1, 0.15) is 0 Å². The number of carbonyl (C=O) groups is 1. The minimum absolute atomic E-state index is 0. The lowest BCUT2D eigenvalue weighted by Gasteiger charge is -2.33. The Morgan fingerprint density at radius 3 is 2.33 bits per heavy atom. The Morgan fingerprint density at radius 2 is 1.63 bits per heavy atom. The van der Waals surface area contributed by atoms with Crippen LogP contribution in [0.2, 0.25) is 0 Å². The topological polar surface area (TPSA) is 68.8 Å². The molecular weight excluding hydrogens is 453 g/mol. The minimum Gasteiger partial charge on any atom is -0.356 e. The van der Waals surface area contributed by atoms with Crippen molar-refractivity contribution in [2.75, 3.05) is 39.8 Å². The van der Waals surface area contributed by atoms with Crippen LogP contribution in [0.25, 0.3) is 0 Å². The number of likely N-dealkylation sites (tertiary alicyclic amines) is 1. The van der Waals surface area contributed by atoms with Crippen molar-refractivity contribution in [3.05, 3.63) is 0 Å². The fourth-order valence-electron chi connectivity index (χ4n) is 4.08. The summed E-state index contributed by atoms with van der Waals surface area (Å²) in [6.45, 7) is 7.03. The predicted molar refractivity (Wildman–Crippen MR) is 124 cm³/mol. The molecule has 1 aliphatic carbocycles. The van der Waals surface area contributed by atoms with Crippen molar-refractivity contribution in [2.45, 2.75) is 70.8 Å². The van der Waals surface area contributed by atoms with Gasteiger partial charge < -0.3 is 20.9 Å². The summed E-state index contributed by atoms with van der Waals surface area (Å²) in [5.74, 6) is 1.28. The molecule has 2 aliphatic rings. The maximum absolute atomic E-state index is 12.1. The number of guanidine groups is 1. The molecule has 0 radical (unpaired) electrons.